The Morgan fingerprint density at radius 2 is 1.84 bits per heavy atom. The molecule has 1 aromatic carbocycles. The van der Waals surface area contributed by atoms with Crippen LogP contribution in [-0.2, 0) is 14.8 Å². The van der Waals surface area contributed by atoms with E-state index in [1.165, 1.54) is 5.56 Å². The fraction of sp³-hybridized carbons (Fsp3) is 0.462. The Labute approximate surface area is 120 Å². The summed E-state index contributed by atoms with van der Waals surface area (Å²) in [5, 5.41) is 8.05. The molecule has 6 heteroatoms. The van der Waals surface area contributed by atoms with Crippen LogP contribution in [-0.4, -0.2) is 53.2 Å². The van der Waals surface area contributed by atoms with Gasteiger partial charge in [0.2, 0.25) is 0 Å². The Morgan fingerprint density at radius 1 is 1.16 bits per heavy atom. The first-order chi connectivity index (χ1) is 9.22. The van der Waals surface area contributed by atoms with Crippen LogP contribution in [0.2, 0.25) is 0 Å². The second-order valence-corrected chi connectivity index (χ2v) is 5.88. The molecular weight excluding hydrogens is 311 g/mol. The van der Waals surface area contributed by atoms with E-state index in [4.69, 9.17) is 25.4 Å². The first kappa shape index (κ1) is 16.0. The fourth-order valence-corrected chi connectivity index (χ4v) is 2.39. The van der Waals surface area contributed by atoms with Crippen molar-refractivity contribution in [2.45, 2.75) is 5.32 Å². The zero-order chi connectivity index (χ0) is 13.9. The van der Waals surface area contributed by atoms with Gasteiger partial charge in [0.25, 0.3) is 0 Å². The number of methoxy groups -OCH3 is 1. The van der Waals surface area contributed by atoms with E-state index in [9.17, 15) is 0 Å². The van der Waals surface area contributed by atoms with E-state index in [0.29, 0.717) is 26.4 Å². The second kappa shape index (κ2) is 9.81. The number of ether oxygens (including phenoxy) is 3. The molecule has 0 amide bonds. The third-order valence-corrected chi connectivity index (χ3v) is 3.90. The van der Waals surface area contributed by atoms with E-state index in [1.807, 2.05) is 24.3 Å². The standard InChI is InChI=1S/C13H20N2O3Se/c1-16-6-7-17-8-9-18-12-4-2-11(3-5-12)10-19-13(14)15/h2-5H,6-10H2,1H3,(H3,14,15). The van der Waals surface area contributed by atoms with E-state index in [2.05, 4.69) is 0 Å². The van der Waals surface area contributed by atoms with Gasteiger partial charge in [-0.05, 0) is 0 Å². The molecule has 0 bridgehead atoms. The quantitative estimate of drug-likeness (QED) is 0.288. The molecule has 0 aliphatic carbocycles. The molecule has 5 nitrogen and oxygen atoms in total. The Morgan fingerprint density at radius 3 is 2.47 bits per heavy atom. The van der Waals surface area contributed by atoms with Crippen LogP contribution in [0.4, 0.5) is 0 Å². The Balaban J connectivity index is 2.19. The maximum absolute atomic E-state index is 7.20. The van der Waals surface area contributed by atoms with Gasteiger partial charge in [0, 0.05) is 7.11 Å². The molecule has 0 saturated carbocycles. The number of nitrogens with one attached hydrogen (secondary N) is 1. The third kappa shape index (κ3) is 7.85. The normalized spacial score (nSPS) is 10.4. The molecule has 0 aromatic heterocycles. The summed E-state index contributed by atoms with van der Waals surface area (Å²) in [5.74, 6) is 0.828. The summed E-state index contributed by atoms with van der Waals surface area (Å²) in [6.07, 6.45) is 0. The number of hydrogen-bond donors (Lipinski definition) is 2. The van der Waals surface area contributed by atoms with E-state index >= 15 is 0 Å². The van der Waals surface area contributed by atoms with Crippen molar-refractivity contribution in [2.24, 2.45) is 5.73 Å². The van der Waals surface area contributed by atoms with Crippen molar-refractivity contribution in [1.82, 2.24) is 0 Å². The van der Waals surface area contributed by atoms with Crippen LogP contribution in [0, 0.1) is 5.41 Å². The topological polar surface area (TPSA) is 77.6 Å². The summed E-state index contributed by atoms with van der Waals surface area (Å²) in [5.41, 5.74) is 6.53. The molecule has 106 valence electrons. The van der Waals surface area contributed by atoms with Gasteiger partial charge < -0.3 is 0 Å². The summed E-state index contributed by atoms with van der Waals surface area (Å²) in [6, 6.07) is 7.87. The first-order valence-electron chi connectivity index (χ1n) is 5.97. The molecule has 0 atom stereocenters. The molecule has 19 heavy (non-hydrogen) atoms. The number of nitrogens with two attached hydrogens (primary N) is 1. The zero-order valence-corrected chi connectivity index (χ0v) is 12.8. The molecule has 0 radical (unpaired) electrons. The minimum atomic E-state index is 0.0531. The molecule has 0 heterocycles. The van der Waals surface area contributed by atoms with Crippen LogP contribution < -0.4 is 10.5 Å². The van der Waals surface area contributed by atoms with E-state index < -0.39 is 0 Å². The summed E-state index contributed by atoms with van der Waals surface area (Å²) in [4.78, 5) is 0. The van der Waals surface area contributed by atoms with Crippen LogP contribution in [0.25, 0.3) is 0 Å². The summed E-state index contributed by atoms with van der Waals surface area (Å²) in [6.45, 7) is 2.28. The molecule has 3 N–H and O–H groups in total. The molecule has 0 fully saturated rings. The van der Waals surface area contributed by atoms with Gasteiger partial charge in [0.15, 0.2) is 0 Å². The maximum atomic E-state index is 7.20. The molecule has 0 saturated heterocycles. The van der Waals surface area contributed by atoms with Crippen molar-refractivity contribution in [3.63, 3.8) is 0 Å². The SMILES string of the molecule is COCCOCCOc1ccc(C[Se]C(=N)N)cc1. The molecule has 0 spiro atoms. The molecule has 0 aliphatic heterocycles. The van der Waals surface area contributed by atoms with Gasteiger partial charge in [-0.15, -0.1) is 0 Å². The van der Waals surface area contributed by atoms with Gasteiger partial charge in [-0.1, -0.05) is 0 Å². The summed E-state index contributed by atoms with van der Waals surface area (Å²) < 4.78 is 16.0. The number of benzene rings is 1. The molecule has 1 aromatic rings. The number of rotatable bonds is 10. The Kier molecular flexibility index (Phi) is 8.25. The van der Waals surface area contributed by atoms with E-state index in [0.717, 1.165) is 11.1 Å². The molecule has 0 aliphatic rings. The predicted molar refractivity (Wildman–Crippen MR) is 76.0 cm³/mol. The van der Waals surface area contributed by atoms with Crippen LogP contribution in [0.15, 0.2) is 24.3 Å². The summed E-state index contributed by atoms with van der Waals surface area (Å²) >= 11 is 0.0531. The first-order valence-corrected chi connectivity index (χ1v) is 8.04. The fourth-order valence-electron chi connectivity index (χ4n) is 1.31. The van der Waals surface area contributed by atoms with E-state index in [-0.39, 0.29) is 19.7 Å². The van der Waals surface area contributed by atoms with Gasteiger partial charge >= 0.3 is 112 Å². The van der Waals surface area contributed by atoms with Crippen molar-refractivity contribution in [3.8, 4) is 5.75 Å². The van der Waals surface area contributed by atoms with Crippen LogP contribution in [0.5, 0.6) is 5.75 Å². The van der Waals surface area contributed by atoms with Gasteiger partial charge in [-0.2, -0.15) is 0 Å². The molecular formula is C13H20N2O3Se. The van der Waals surface area contributed by atoms with Crippen molar-refractivity contribution < 1.29 is 14.2 Å². The Hall–Kier alpha value is -1.07. The average molecular weight is 331 g/mol. The molecule has 0 unspecified atom stereocenters. The average Bonchev–Trinajstić information content (AvgIpc) is 2.41. The van der Waals surface area contributed by atoms with Crippen molar-refractivity contribution in [1.29, 1.82) is 5.41 Å². The molecule has 1 rings (SSSR count). The van der Waals surface area contributed by atoms with Crippen molar-refractivity contribution in [2.75, 3.05) is 33.5 Å². The third-order valence-electron chi connectivity index (χ3n) is 2.25. The minimum absolute atomic E-state index is 0.0531. The van der Waals surface area contributed by atoms with Crippen LogP contribution in [0.1, 0.15) is 5.56 Å². The zero-order valence-electron chi connectivity index (χ0n) is 11.1. The van der Waals surface area contributed by atoms with Crippen molar-refractivity contribution >= 4 is 19.7 Å². The number of hydrogen-bond acceptors (Lipinski definition) is 4. The second-order valence-electron chi connectivity index (χ2n) is 3.75. The summed E-state index contributed by atoms with van der Waals surface area (Å²) in [7, 11) is 1.65. The van der Waals surface area contributed by atoms with Gasteiger partial charge in [0.05, 0.1) is 0 Å². The van der Waals surface area contributed by atoms with E-state index in [1.54, 1.807) is 7.11 Å². The predicted octanol–water partition coefficient (Wildman–Crippen LogP) is 0.826. The van der Waals surface area contributed by atoms with Gasteiger partial charge in [0.1, 0.15) is 0 Å². The van der Waals surface area contributed by atoms with Gasteiger partial charge in [-0.3, -0.25) is 0 Å². The Bertz CT molecular complexity index is 371. The van der Waals surface area contributed by atoms with Crippen molar-refractivity contribution in [3.05, 3.63) is 29.8 Å². The van der Waals surface area contributed by atoms with Gasteiger partial charge in [-0.25, -0.2) is 0 Å². The monoisotopic (exact) mass is 332 g/mol. The van der Waals surface area contributed by atoms with Crippen LogP contribution in [0.3, 0.4) is 0 Å². The number of amidine groups is 1. The van der Waals surface area contributed by atoms with Crippen LogP contribution >= 0.6 is 0 Å².